The number of nitrogens with two attached hydrogens (primary N) is 1. The van der Waals surface area contributed by atoms with Crippen LogP contribution in [0.2, 0.25) is 0 Å². The zero-order valence-corrected chi connectivity index (χ0v) is 9.91. The first-order chi connectivity index (χ1) is 8.54. The maximum Gasteiger partial charge on any atom is 0.320 e. The van der Waals surface area contributed by atoms with Crippen LogP contribution in [0.3, 0.4) is 0 Å². The lowest BCUT2D eigenvalue weighted by molar-refractivity contribution is -0.138. The second-order valence-corrected chi connectivity index (χ2v) is 4.07. The molecule has 2 aromatic rings. The van der Waals surface area contributed by atoms with Crippen LogP contribution in [-0.2, 0) is 17.8 Å². The average molecular weight is 250 g/mol. The standard InChI is InChI=1S/C11H14N4O3/c1-7-2-3-9(18-7)6-15-5-8(13-14-15)4-10(12)11(16)17/h2-3,5,10H,4,6,12H2,1H3,(H,16,17). The van der Waals surface area contributed by atoms with E-state index < -0.39 is 12.0 Å². The number of hydrogen-bond donors (Lipinski definition) is 2. The highest BCUT2D eigenvalue weighted by atomic mass is 16.4. The maximum absolute atomic E-state index is 10.6. The Kier molecular flexibility index (Phi) is 3.42. The van der Waals surface area contributed by atoms with Crippen molar-refractivity contribution in [3.8, 4) is 0 Å². The number of aliphatic carboxylic acids is 1. The summed E-state index contributed by atoms with van der Waals surface area (Å²) in [6.07, 6.45) is 1.83. The molecule has 3 N–H and O–H groups in total. The van der Waals surface area contributed by atoms with Crippen LogP contribution in [0.4, 0.5) is 0 Å². The van der Waals surface area contributed by atoms with Gasteiger partial charge in [-0.2, -0.15) is 0 Å². The normalized spacial score (nSPS) is 12.6. The lowest BCUT2D eigenvalue weighted by Gasteiger charge is -2.01. The maximum atomic E-state index is 10.6. The lowest BCUT2D eigenvalue weighted by atomic mass is 10.2. The first kappa shape index (κ1) is 12.3. The van der Waals surface area contributed by atoms with E-state index in [1.54, 1.807) is 10.9 Å². The molecule has 96 valence electrons. The highest BCUT2D eigenvalue weighted by Crippen LogP contribution is 2.08. The minimum Gasteiger partial charge on any atom is -0.480 e. The molecule has 7 nitrogen and oxygen atoms in total. The third-order valence-electron chi connectivity index (χ3n) is 2.45. The van der Waals surface area contributed by atoms with E-state index in [0.29, 0.717) is 12.2 Å². The second kappa shape index (κ2) is 5.01. The summed E-state index contributed by atoms with van der Waals surface area (Å²) < 4.78 is 6.99. The van der Waals surface area contributed by atoms with Gasteiger partial charge in [-0.1, -0.05) is 5.21 Å². The van der Waals surface area contributed by atoms with Gasteiger partial charge >= 0.3 is 5.97 Å². The topological polar surface area (TPSA) is 107 Å². The Hall–Kier alpha value is -2.15. The van der Waals surface area contributed by atoms with Crippen molar-refractivity contribution in [2.24, 2.45) is 5.73 Å². The molecule has 0 amide bonds. The van der Waals surface area contributed by atoms with Crippen LogP contribution in [0.15, 0.2) is 22.7 Å². The minimum absolute atomic E-state index is 0.159. The predicted octanol–water partition coefficient (Wildman–Crippen LogP) is 0.182. The monoisotopic (exact) mass is 250 g/mol. The summed E-state index contributed by atoms with van der Waals surface area (Å²) in [5.41, 5.74) is 5.97. The quantitative estimate of drug-likeness (QED) is 0.784. The molecule has 7 heteroatoms. The zero-order valence-electron chi connectivity index (χ0n) is 9.91. The molecule has 2 heterocycles. The van der Waals surface area contributed by atoms with Gasteiger partial charge < -0.3 is 15.3 Å². The summed E-state index contributed by atoms with van der Waals surface area (Å²) in [7, 11) is 0. The molecule has 0 aliphatic carbocycles. The molecule has 0 aliphatic heterocycles. The van der Waals surface area contributed by atoms with Crippen molar-refractivity contribution in [2.45, 2.75) is 25.9 Å². The summed E-state index contributed by atoms with van der Waals surface area (Å²) in [6, 6.07) is 2.77. The van der Waals surface area contributed by atoms with Crippen LogP contribution in [0.1, 0.15) is 17.2 Å². The Labute approximate surface area is 103 Å². The average Bonchev–Trinajstić information content (AvgIpc) is 2.89. The molecule has 0 spiro atoms. The van der Waals surface area contributed by atoms with E-state index in [1.807, 2.05) is 19.1 Å². The van der Waals surface area contributed by atoms with Crippen molar-refractivity contribution in [3.05, 3.63) is 35.5 Å². The van der Waals surface area contributed by atoms with Gasteiger partial charge in [-0.05, 0) is 19.1 Å². The molecule has 0 radical (unpaired) electrons. The van der Waals surface area contributed by atoms with Crippen LogP contribution in [0.5, 0.6) is 0 Å². The number of furan rings is 1. The van der Waals surface area contributed by atoms with Gasteiger partial charge in [0, 0.05) is 12.6 Å². The number of aryl methyl sites for hydroxylation is 1. The number of rotatable bonds is 5. The highest BCUT2D eigenvalue weighted by molar-refractivity contribution is 5.73. The summed E-state index contributed by atoms with van der Waals surface area (Å²) in [5.74, 6) is 0.552. The van der Waals surface area contributed by atoms with Crippen molar-refractivity contribution in [1.29, 1.82) is 0 Å². The van der Waals surface area contributed by atoms with Gasteiger partial charge in [0.05, 0.1) is 5.69 Å². The van der Waals surface area contributed by atoms with Crippen molar-refractivity contribution >= 4 is 5.97 Å². The van der Waals surface area contributed by atoms with Crippen molar-refractivity contribution in [1.82, 2.24) is 15.0 Å². The molecule has 0 fully saturated rings. The first-order valence-electron chi connectivity index (χ1n) is 5.47. The number of carbonyl (C=O) groups is 1. The molecule has 2 rings (SSSR count). The van der Waals surface area contributed by atoms with Gasteiger partial charge in [-0.15, -0.1) is 5.10 Å². The Morgan fingerprint density at radius 2 is 2.39 bits per heavy atom. The van der Waals surface area contributed by atoms with Gasteiger partial charge in [-0.25, -0.2) is 4.68 Å². The Morgan fingerprint density at radius 3 is 3.00 bits per heavy atom. The van der Waals surface area contributed by atoms with E-state index in [2.05, 4.69) is 10.3 Å². The molecule has 0 bridgehead atoms. The van der Waals surface area contributed by atoms with E-state index in [0.717, 1.165) is 11.5 Å². The SMILES string of the molecule is Cc1ccc(Cn2cc(CC(N)C(=O)O)nn2)o1. The van der Waals surface area contributed by atoms with E-state index in [9.17, 15) is 4.79 Å². The molecule has 0 saturated carbocycles. The molecular formula is C11H14N4O3. The van der Waals surface area contributed by atoms with E-state index in [1.165, 1.54) is 0 Å². The lowest BCUT2D eigenvalue weighted by Crippen LogP contribution is -2.32. The van der Waals surface area contributed by atoms with Crippen LogP contribution >= 0.6 is 0 Å². The van der Waals surface area contributed by atoms with Gasteiger partial charge in [0.15, 0.2) is 0 Å². The Morgan fingerprint density at radius 1 is 1.61 bits per heavy atom. The molecule has 18 heavy (non-hydrogen) atoms. The fourth-order valence-electron chi connectivity index (χ4n) is 1.55. The molecule has 1 unspecified atom stereocenters. The number of hydrogen-bond acceptors (Lipinski definition) is 5. The number of aromatic nitrogens is 3. The fraction of sp³-hybridized carbons (Fsp3) is 0.364. The Balaban J connectivity index is 2.00. The molecule has 0 aromatic carbocycles. The zero-order chi connectivity index (χ0) is 13.1. The molecule has 0 aliphatic rings. The van der Waals surface area contributed by atoms with Crippen LogP contribution in [0, 0.1) is 6.92 Å². The van der Waals surface area contributed by atoms with Gasteiger partial charge in [0.25, 0.3) is 0 Å². The minimum atomic E-state index is -1.05. The van der Waals surface area contributed by atoms with Gasteiger partial charge in [-0.3, -0.25) is 4.79 Å². The molecule has 2 aromatic heterocycles. The van der Waals surface area contributed by atoms with Gasteiger partial charge in [0.1, 0.15) is 24.1 Å². The predicted molar refractivity (Wildman–Crippen MR) is 61.9 cm³/mol. The summed E-state index contributed by atoms with van der Waals surface area (Å²) in [4.78, 5) is 10.6. The third-order valence-corrected chi connectivity index (χ3v) is 2.45. The van der Waals surface area contributed by atoms with E-state index in [-0.39, 0.29) is 6.42 Å². The summed E-state index contributed by atoms with van der Waals surface area (Å²) >= 11 is 0. The van der Waals surface area contributed by atoms with E-state index >= 15 is 0 Å². The molecular weight excluding hydrogens is 236 g/mol. The van der Waals surface area contributed by atoms with E-state index in [4.69, 9.17) is 15.3 Å². The van der Waals surface area contributed by atoms with Crippen LogP contribution < -0.4 is 5.73 Å². The second-order valence-electron chi connectivity index (χ2n) is 4.07. The number of carboxylic acids is 1. The van der Waals surface area contributed by atoms with Crippen molar-refractivity contribution in [2.75, 3.05) is 0 Å². The van der Waals surface area contributed by atoms with Crippen LogP contribution in [0.25, 0.3) is 0 Å². The van der Waals surface area contributed by atoms with Gasteiger partial charge in [0.2, 0.25) is 0 Å². The van der Waals surface area contributed by atoms with Crippen molar-refractivity contribution < 1.29 is 14.3 Å². The molecule has 0 saturated heterocycles. The van der Waals surface area contributed by atoms with Crippen molar-refractivity contribution in [3.63, 3.8) is 0 Å². The first-order valence-corrected chi connectivity index (χ1v) is 5.47. The smallest absolute Gasteiger partial charge is 0.320 e. The number of carboxylic acid groups (broad SMARTS) is 1. The summed E-state index contributed by atoms with van der Waals surface area (Å²) in [5, 5.41) is 16.5. The highest BCUT2D eigenvalue weighted by Gasteiger charge is 2.14. The summed E-state index contributed by atoms with van der Waals surface area (Å²) in [6.45, 7) is 2.32. The molecule has 1 atom stereocenters. The third kappa shape index (κ3) is 2.95. The fourth-order valence-corrected chi connectivity index (χ4v) is 1.55. The Bertz CT molecular complexity index is 546. The number of nitrogens with zero attached hydrogens (tertiary/aromatic N) is 3. The van der Waals surface area contributed by atoms with Crippen LogP contribution in [-0.4, -0.2) is 32.1 Å². The largest absolute Gasteiger partial charge is 0.480 e.